The smallest absolute Gasteiger partial charge is 0.340 e. The Morgan fingerprint density at radius 3 is 2.55 bits per heavy atom. The van der Waals surface area contributed by atoms with Gasteiger partial charge < -0.3 is 10.1 Å². The first-order valence-electron chi connectivity index (χ1n) is 5.93. The van der Waals surface area contributed by atoms with E-state index in [9.17, 15) is 24.5 Å². The Balaban J connectivity index is 2.84. The molecule has 0 fully saturated rings. The molecule has 3 amide bonds. The van der Waals surface area contributed by atoms with Crippen LogP contribution in [0.1, 0.15) is 17.3 Å². The predicted octanol–water partition coefficient (Wildman–Crippen LogP) is 1.25. The fourth-order valence-corrected chi connectivity index (χ4v) is 1.53. The van der Waals surface area contributed by atoms with Gasteiger partial charge in [0.15, 0.2) is 6.10 Å². The fourth-order valence-electron chi connectivity index (χ4n) is 1.34. The SMILES string of the molecule is CNC(=O)NC(=O)[C@@H](C)OC(=O)c1cc([N+](=O)[O-])ccc1Cl. The van der Waals surface area contributed by atoms with Crippen molar-refractivity contribution < 1.29 is 24.0 Å². The maximum Gasteiger partial charge on any atom is 0.340 e. The molecule has 1 rings (SSSR count). The number of halogens is 1. The van der Waals surface area contributed by atoms with E-state index in [1.165, 1.54) is 20.0 Å². The van der Waals surface area contributed by atoms with Crippen molar-refractivity contribution in [2.24, 2.45) is 0 Å². The number of nitrogens with one attached hydrogen (secondary N) is 2. The number of nitro groups is 1. The van der Waals surface area contributed by atoms with Crippen LogP contribution in [-0.2, 0) is 9.53 Å². The fraction of sp³-hybridized carbons (Fsp3) is 0.250. The quantitative estimate of drug-likeness (QED) is 0.486. The molecular formula is C12H12ClN3O6. The first kappa shape index (κ1) is 17.4. The van der Waals surface area contributed by atoms with Crippen molar-refractivity contribution in [2.45, 2.75) is 13.0 Å². The molecule has 1 aromatic rings. The summed E-state index contributed by atoms with van der Waals surface area (Å²) < 4.78 is 4.82. The highest BCUT2D eigenvalue weighted by Gasteiger charge is 2.23. The van der Waals surface area contributed by atoms with Crippen LogP contribution in [0.4, 0.5) is 10.5 Å². The van der Waals surface area contributed by atoms with E-state index in [-0.39, 0.29) is 16.3 Å². The average molecular weight is 330 g/mol. The third-order valence-corrected chi connectivity index (χ3v) is 2.83. The van der Waals surface area contributed by atoms with Gasteiger partial charge in [-0.05, 0) is 13.0 Å². The number of rotatable bonds is 4. The van der Waals surface area contributed by atoms with Crippen molar-refractivity contribution in [3.63, 3.8) is 0 Å². The molecule has 9 nitrogen and oxygen atoms in total. The summed E-state index contributed by atoms with van der Waals surface area (Å²) in [6.45, 7) is 1.24. The lowest BCUT2D eigenvalue weighted by atomic mass is 10.2. The summed E-state index contributed by atoms with van der Waals surface area (Å²) in [6.07, 6.45) is -1.29. The molecule has 0 radical (unpaired) electrons. The Morgan fingerprint density at radius 1 is 1.36 bits per heavy atom. The molecule has 1 aromatic carbocycles. The van der Waals surface area contributed by atoms with Gasteiger partial charge in [0.1, 0.15) is 0 Å². The monoisotopic (exact) mass is 329 g/mol. The van der Waals surface area contributed by atoms with Gasteiger partial charge in [0, 0.05) is 19.2 Å². The number of non-ortho nitro benzene ring substituents is 1. The van der Waals surface area contributed by atoms with Gasteiger partial charge in [0.05, 0.1) is 15.5 Å². The van der Waals surface area contributed by atoms with E-state index in [0.29, 0.717) is 0 Å². The van der Waals surface area contributed by atoms with Crippen LogP contribution in [0.15, 0.2) is 18.2 Å². The van der Waals surface area contributed by atoms with E-state index >= 15 is 0 Å². The molecule has 0 aromatic heterocycles. The van der Waals surface area contributed by atoms with Crippen LogP contribution < -0.4 is 10.6 Å². The summed E-state index contributed by atoms with van der Waals surface area (Å²) in [5.41, 5.74) is -0.603. The van der Waals surface area contributed by atoms with E-state index < -0.39 is 28.9 Å². The van der Waals surface area contributed by atoms with E-state index in [2.05, 4.69) is 5.32 Å². The van der Waals surface area contributed by atoms with Crippen molar-refractivity contribution in [1.29, 1.82) is 0 Å². The van der Waals surface area contributed by atoms with Gasteiger partial charge in [-0.2, -0.15) is 0 Å². The van der Waals surface area contributed by atoms with Crippen LogP contribution in [-0.4, -0.2) is 36.0 Å². The molecule has 10 heteroatoms. The molecular weight excluding hydrogens is 318 g/mol. The number of carbonyl (C=O) groups is 3. The number of urea groups is 1. The van der Waals surface area contributed by atoms with Gasteiger partial charge in [-0.25, -0.2) is 9.59 Å². The summed E-state index contributed by atoms with van der Waals surface area (Å²) >= 11 is 5.78. The van der Waals surface area contributed by atoms with Crippen molar-refractivity contribution in [1.82, 2.24) is 10.6 Å². The number of hydrogen-bond acceptors (Lipinski definition) is 6. The Morgan fingerprint density at radius 2 is 2.00 bits per heavy atom. The predicted molar refractivity (Wildman–Crippen MR) is 75.6 cm³/mol. The second-order valence-corrected chi connectivity index (χ2v) is 4.44. The van der Waals surface area contributed by atoms with E-state index in [4.69, 9.17) is 16.3 Å². The lowest BCUT2D eigenvalue weighted by Crippen LogP contribution is -2.43. The zero-order chi connectivity index (χ0) is 16.9. The number of carbonyl (C=O) groups excluding carboxylic acids is 3. The van der Waals surface area contributed by atoms with Gasteiger partial charge in [-0.3, -0.25) is 20.2 Å². The maximum absolute atomic E-state index is 11.9. The third-order valence-electron chi connectivity index (χ3n) is 2.50. The maximum atomic E-state index is 11.9. The highest BCUT2D eigenvalue weighted by Crippen LogP contribution is 2.23. The molecule has 0 spiro atoms. The highest BCUT2D eigenvalue weighted by molar-refractivity contribution is 6.33. The molecule has 1 atom stereocenters. The lowest BCUT2D eigenvalue weighted by molar-refractivity contribution is -0.384. The van der Waals surface area contributed by atoms with Crippen molar-refractivity contribution in [3.05, 3.63) is 38.9 Å². The normalized spacial score (nSPS) is 11.2. The number of ether oxygens (including phenoxy) is 1. The largest absolute Gasteiger partial charge is 0.449 e. The number of amides is 3. The number of nitro benzene ring substituents is 1. The molecule has 0 aliphatic rings. The second-order valence-electron chi connectivity index (χ2n) is 4.04. The molecule has 22 heavy (non-hydrogen) atoms. The Labute approximate surface area is 129 Å². The number of nitrogens with zero attached hydrogens (tertiary/aromatic N) is 1. The lowest BCUT2D eigenvalue weighted by Gasteiger charge is -2.13. The molecule has 0 unspecified atom stereocenters. The van der Waals surface area contributed by atoms with Crippen LogP contribution in [0.5, 0.6) is 0 Å². The van der Waals surface area contributed by atoms with Gasteiger partial charge in [-0.1, -0.05) is 11.6 Å². The van der Waals surface area contributed by atoms with Gasteiger partial charge >= 0.3 is 12.0 Å². The molecule has 118 valence electrons. The summed E-state index contributed by atoms with van der Waals surface area (Å²) in [5.74, 6) is -1.87. The van der Waals surface area contributed by atoms with Gasteiger partial charge in [0.25, 0.3) is 11.6 Å². The zero-order valence-corrected chi connectivity index (χ0v) is 12.3. The third kappa shape index (κ3) is 4.42. The zero-order valence-electron chi connectivity index (χ0n) is 11.6. The second kappa shape index (κ2) is 7.36. The summed E-state index contributed by atoms with van der Waals surface area (Å²) in [6, 6.07) is 2.47. The van der Waals surface area contributed by atoms with Crippen molar-refractivity contribution in [2.75, 3.05) is 7.05 Å². The average Bonchev–Trinajstić information content (AvgIpc) is 2.46. The van der Waals surface area contributed by atoms with E-state index in [1.54, 1.807) is 0 Å². The molecule has 0 aliphatic carbocycles. The minimum absolute atomic E-state index is 0.0606. The molecule has 0 heterocycles. The molecule has 0 saturated heterocycles. The topological polar surface area (TPSA) is 128 Å². The first-order chi connectivity index (χ1) is 10.3. The van der Waals surface area contributed by atoms with Crippen LogP contribution in [0.3, 0.4) is 0 Å². The minimum Gasteiger partial charge on any atom is -0.449 e. The summed E-state index contributed by atoms with van der Waals surface area (Å²) in [7, 11) is 1.31. The van der Waals surface area contributed by atoms with Crippen molar-refractivity contribution in [3.8, 4) is 0 Å². The van der Waals surface area contributed by atoms with Gasteiger partial charge in [-0.15, -0.1) is 0 Å². The Kier molecular flexibility index (Phi) is 5.81. The summed E-state index contributed by atoms with van der Waals surface area (Å²) in [5, 5.41) is 14.7. The number of esters is 1. The molecule has 2 N–H and O–H groups in total. The summed E-state index contributed by atoms with van der Waals surface area (Å²) in [4.78, 5) is 44.4. The first-order valence-corrected chi connectivity index (χ1v) is 6.31. The van der Waals surface area contributed by atoms with Crippen LogP contribution in [0, 0.1) is 10.1 Å². The van der Waals surface area contributed by atoms with Crippen LogP contribution >= 0.6 is 11.6 Å². The van der Waals surface area contributed by atoms with Crippen molar-refractivity contribution >= 4 is 35.2 Å². The minimum atomic E-state index is -1.29. The molecule has 0 bridgehead atoms. The van der Waals surface area contributed by atoms with Crippen LogP contribution in [0.2, 0.25) is 5.02 Å². The van der Waals surface area contributed by atoms with Crippen LogP contribution in [0.25, 0.3) is 0 Å². The number of hydrogen-bond donors (Lipinski definition) is 2. The van der Waals surface area contributed by atoms with Gasteiger partial charge in [0.2, 0.25) is 0 Å². The van der Waals surface area contributed by atoms with E-state index in [0.717, 1.165) is 12.1 Å². The Bertz CT molecular complexity index is 633. The number of imide groups is 1. The molecule has 0 saturated carbocycles. The number of benzene rings is 1. The highest BCUT2D eigenvalue weighted by atomic mass is 35.5. The Hall–Kier alpha value is -2.68. The van der Waals surface area contributed by atoms with E-state index in [1.807, 2.05) is 5.32 Å². The molecule has 0 aliphatic heterocycles. The standard InChI is InChI=1S/C12H12ClN3O6/c1-6(10(17)15-12(19)14-2)22-11(18)8-5-7(16(20)21)3-4-9(8)13/h3-6H,1-2H3,(H2,14,15,17,19)/t6-/m1/s1.